The number of unbranched alkanes of at least 4 members (excludes halogenated alkanes) is 1. The van der Waals surface area contributed by atoms with Gasteiger partial charge in [0.25, 0.3) is 0 Å². The van der Waals surface area contributed by atoms with Crippen LogP contribution in [0.1, 0.15) is 87.4 Å². The highest BCUT2D eigenvalue weighted by Crippen LogP contribution is 2.41. The molecule has 0 saturated carbocycles. The number of aliphatic carboxylic acids is 1. The molecule has 1 aliphatic rings. The van der Waals surface area contributed by atoms with Gasteiger partial charge in [-0.05, 0) is 55.9 Å². The van der Waals surface area contributed by atoms with Gasteiger partial charge >= 0.3 is 5.97 Å². The summed E-state index contributed by atoms with van der Waals surface area (Å²) in [5.41, 5.74) is 1.17. The Labute approximate surface area is 251 Å². The van der Waals surface area contributed by atoms with Crippen LogP contribution in [0, 0.1) is 22.6 Å². The third-order valence-electron chi connectivity index (χ3n) is 6.76. The predicted molar refractivity (Wildman–Crippen MR) is 158 cm³/mol. The van der Waals surface area contributed by atoms with E-state index in [1.807, 2.05) is 20.8 Å². The van der Waals surface area contributed by atoms with E-state index in [0.29, 0.717) is 47.6 Å². The van der Waals surface area contributed by atoms with Gasteiger partial charge in [-0.1, -0.05) is 20.8 Å². The Morgan fingerprint density at radius 2 is 1.70 bits per heavy atom. The number of fused-ring (bicyclic) bond motifs is 1. The second kappa shape index (κ2) is 14.7. The summed E-state index contributed by atoms with van der Waals surface area (Å²) in [4.78, 5) is 26.2. The zero-order chi connectivity index (χ0) is 31.7. The van der Waals surface area contributed by atoms with E-state index in [1.54, 1.807) is 32.0 Å². The fraction of sp³-hybridized carbons (Fsp3) is 0.500. The molecule has 0 unspecified atom stereocenters. The molecule has 2 aromatic rings. The minimum Gasteiger partial charge on any atom is -0.490 e. The lowest BCUT2D eigenvalue weighted by Crippen LogP contribution is -2.30. The van der Waals surface area contributed by atoms with Crippen molar-refractivity contribution in [3.05, 3.63) is 46.3 Å². The molecule has 2 N–H and O–H groups in total. The fourth-order valence-electron chi connectivity index (χ4n) is 4.73. The van der Waals surface area contributed by atoms with Crippen LogP contribution < -0.4 is 18.9 Å². The highest BCUT2D eigenvalue weighted by atomic mass is 19.1. The lowest BCUT2D eigenvalue weighted by Gasteiger charge is -2.26. The maximum absolute atomic E-state index is 15.5. The number of amidine groups is 1. The van der Waals surface area contributed by atoms with E-state index in [2.05, 4.69) is 6.07 Å². The Morgan fingerprint density at radius 3 is 2.33 bits per heavy atom. The van der Waals surface area contributed by atoms with Crippen molar-refractivity contribution in [2.75, 3.05) is 33.0 Å². The van der Waals surface area contributed by atoms with Gasteiger partial charge in [0.1, 0.15) is 5.84 Å². The maximum Gasteiger partial charge on any atom is 0.303 e. The van der Waals surface area contributed by atoms with E-state index >= 15 is 4.39 Å². The molecule has 43 heavy (non-hydrogen) atoms. The number of rotatable bonds is 16. The van der Waals surface area contributed by atoms with E-state index in [9.17, 15) is 9.59 Å². The first-order valence-corrected chi connectivity index (χ1v) is 14.4. The van der Waals surface area contributed by atoms with Crippen LogP contribution in [-0.4, -0.2) is 60.6 Å². The Morgan fingerprint density at radius 1 is 1.02 bits per heavy atom. The van der Waals surface area contributed by atoms with Crippen molar-refractivity contribution in [1.29, 1.82) is 10.7 Å². The number of carboxylic acid groups (broad SMARTS) is 1. The molecule has 0 aromatic heterocycles. The number of hydrogen-bond donors (Lipinski definition) is 2. The number of nitrogens with one attached hydrogen (secondary N) is 1. The minimum atomic E-state index is -0.942. The summed E-state index contributed by atoms with van der Waals surface area (Å²) in [6.07, 6.45) is 1.00. The van der Waals surface area contributed by atoms with Crippen LogP contribution in [0.5, 0.6) is 23.0 Å². The monoisotopic (exact) mass is 597 g/mol. The number of carbonyl (C=O) groups excluding carboxylic acids is 1. The molecule has 0 aliphatic carbocycles. The molecule has 10 nitrogen and oxygen atoms in total. The second-order valence-corrected chi connectivity index (χ2v) is 11.1. The molecule has 0 fully saturated rings. The molecule has 0 spiro atoms. The topological polar surface area (TPSA) is 142 Å². The normalized spacial score (nSPS) is 12.5. The van der Waals surface area contributed by atoms with Gasteiger partial charge in [-0.2, -0.15) is 5.26 Å². The third kappa shape index (κ3) is 8.15. The summed E-state index contributed by atoms with van der Waals surface area (Å²) in [6, 6.07) is 7.04. The van der Waals surface area contributed by atoms with E-state index in [0.717, 1.165) is 0 Å². The number of carboxylic acids is 1. The summed E-state index contributed by atoms with van der Waals surface area (Å²) in [5, 5.41) is 26.6. The lowest BCUT2D eigenvalue weighted by atomic mass is 9.84. The number of carbonyl (C=O) groups is 2. The molecule has 0 radical (unpaired) electrons. The van der Waals surface area contributed by atoms with Crippen molar-refractivity contribution >= 4 is 17.6 Å². The molecule has 3 rings (SSSR count). The Balaban J connectivity index is 1.94. The van der Waals surface area contributed by atoms with Crippen LogP contribution in [0.3, 0.4) is 0 Å². The van der Waals surface area contributed by atoms with Gasteiger partial charge in [0.05, 0.1) is 44.6 Å². The maximum atomic E-state index is 15.5. The van der Waals surface area contributed by atoms with Crippen LogP contribution in [0.15, 0.2) is 18.2 Å². The lowest BCUT2D eigenvalue weighted by molar-refractivity contribution is -0.137. The first-order valence-electron chi connectivity index (χ1n) is 14.4. The summed E-state index contributed by atoms with van der Waals surface area (Å²) >= 11 is 0. The van der Waals surface area contributed by atoms with Crippen molar-refractivity contribution in [3.63, 3.8) is 0 Å². The number of Topliss-reactive ketones (excluding diaryl/α,β-unsaturated/α-hetero) is 1. The van der Waals surface area contributed by atoms with E-state index in [4.69, 9.17) is 34.7 Å². The summed E-state index contributed by atoms with van der Waals surface area (Å²) in [6.45, 7) is 10.3. The van der Waals surface area contributed by atoms with Gasteiger partial charge in [0.2, 0.25) is 0 Å². The number of ether oxygens (including phenoxy) is 4. The number of halogens is 1. The molecule has 0 saturated heterocycles. The number of ketones is 1. The highest BCUT2D eigenvalue weighted by molar-refractivity contribution is 6.06. The molecule has 1 heterocycles. The molecule has 232 valence electrons. The Kier molecular flexibility index (Phi) is 11.4. The molecule has 0 bridgehead atoms. The van der Waals surface area contributed by atoms with Crippen LogP contribution in [-0.2, 0) is 16.8 Å². The average molecular weight is 598 g/mol. The largest absolute Gasteiger partial charge is 0.490 e. The van der Waals surface area contributed by atoms with E-state index in [1.165, 1.54) is 4.90 Å². The van der Waals surface area contributed by atoms with Crippen molar-refractivity contribution in [2.45, 2.75) is 72.3 Å². The average Bonchev–Trinajstić information content (AvgIpc) is 3.25. The smallest absolute Gasteiger partial charge is 0.303 e. The SMILES string of the molecule is CCOc1cc2c(c(F)c1OCC)C(=N)N(CC(=O)c1cc(OCCCC(=O)O)c(OCCCC#N)c(C(C)(C)C)c1)C2. The Bertz CT molecular complexity index is 1400. The predicted octanol–water partition coefficient (Wildman–Crippen LogP) is 5.87. The molecule has 1 aliphatic heterocycles. The zero-order valence-electron chi connectivity index (χ0n) is 25.5. The van der Waals surface area contributed by atoms with Crippen LogP contribution in [0.25, 0.3) is 0 Å². The zero-order valence-corrected chi connectivity index (χ0v) is 25.5. The van der Waals surface area contributed by atoms with Gasteiger partial charge in [0.15, 0.2) is 34.6 Å². The van der Waals surface area contributed by atoms with Gasteiger partial charge in [-0.3, -0.25) is 15.0 Å². The van der Waals surface area contributed by atoms with Crippen LogP contribution in [0.2, 0.25) is 0 Å². The van der Waals surface area contributed by atoms with Gasteiger partial charge in [0, 0.05) is 30.5 Å². The van der Waals surface area contributed by atoms with Crippen molar-refractivity contribution < 1.29 is 38.0 Å². The quantitative estimate of drug-likeness (QED) is 0.179. The second-order valence-electron chi connectivity index (χ2n) is 11.1. The highest BCUT2D eigenvalue weighted by Gasteiger charge is 2.34. The van der Waals surface area contributed by atoms with Gasteiger partial charge in [-0.15, -0.1) is 0 Å². The van der Waals surface area contributed by atoms with Gasteiger partial charge in [-0.25, -0.2) is 4.39 Å². The number of hydrogen-bond acceptors (Lipinski definition) is 8. The molecule has 0 amide bonds. The summed E-state index contributed by atoms with van der Waals surface area (Å²) < 4.78 is 38.6. The minimum absolute atomic E-state index is 0.0501. The standard InChI is InChI=1S/C32H40FN3O7/c1-6-40-25-17-21-18-36(31(35)27(21)28(33)30(25)41-7-2)19-23(37)20-15-22(32(3,4)5)29(43-13-9-8-12-34)24(16-20)42-14-10-11-26(38)39/h15-17,35H,6-11,13-14,18-19H2,1-5H3,(H,38,39). The van der Waals surface area contributed by atoms with Gasteiger partial charge < -0.3 is 29.0 Å². The van der Waals surface area contributed by atoms with Crippen molar-refractivity contribution in [3.8, 4) is 29.1 Å². The Hall–Kier alpha value is -4.33. The molecular weight excluding hydrogens is 557 g/mol. The first-order chi connectivity index (χ1) is 20.4. The van der Waals surface area contributed by atoms with Crippen molar-refractivity contribution in [1.82, 2.24) is 4.90 Å². The summed E-state index contributed by atoms with van der Waals surface area (Å²) in [5.74, 6) is -1.12. The van der Waals surface area contributed by atoms with E-state index in [-0.39, 0.29) is 74.4 Å². The molecule has 2 aromatic carbocycles. The van der Waals surface area contributed by atoms with Crippen LogP contribution in [0.4, 0.5) is 4.39 Å². The fourth-order valence-corrected chi connectivity index (χ4v) is 4.73. The molecule has 0 atom stereocenters. The number of benzene rings is 2. The molecular formula is C32H40FN3O7. The number of nitrogens with zero attached hydrogens (tertiary/aromatic N) is 2. The first kappa shape index (κ1) is 33.2. The number of nitriles is 1. The molecule has 11 heteroatoms. The summed E-state index contributed by atoms with van der Waals surface area (Å²) in [7, 11) is 0. The van der Waals surface area contributed by atoms with Crippen molar-refractivity contribution in [2.24, 2.45) is 0 Å². The van der Waals surface area contributed by atoms with Crippen LogP contribution >= 0.6 is 0 Å². The van der Waals surface area contributed by atoms with E-state index < -0.39 is 17.2 Å². The third-order valence-corrected chi connectivity index (χ3v) is 6.76.